The monoisotopic (exact) mass is 545 g/mol. The zero-order chi connectivity index (χ0) is 28.4. The number of pyridine rings is 1. The summed E-state index contributed by atoms with van der Waals surface area (Å²) in [4.78, 5) is 32.8. The zero-order valence-corrected chi connectivity index (χ0v) is 21.2. The highest BCUT2D eigenvalue weighted by atomic mass is 19.3. The number of carbonyl (C=O) groups is 1. The molecule has 0 unspecified atom stereocenters. The van der Waals surface area contributed by atoms with Crippen LogP contribution in [-0.4, -0.2) is 48.1 Å². The van der Waals surface area contributed by atoms with Crippen LogP contribution in [0.5, 0.6) is 11.5 Å². The number of hydrogen-bond donors (Lipinski definition) is 1. The molecule has 2 aromatic heterocycles. The predicted octanol–water partition coefficient (Wildman–Crippen LogP) is 4.44. The number of rotatable bonds is 8. The number of aromatic nitrogens is 3. The number of halogens is 4. The summed E-state index contributed by atoms with van der Waals surface area (Å²) in [7, 11) is 6.08. The molecule has 0 aliphatic carbocycles. The standard InChI is InChI=1S/C26H23F4N5O4/c1-33(2)19-6-5-11-31-23(19)35-25(37)21(32-24(36)14-7-9-15(10-8-14)39-26(29)30)22(34(35)3)20-17(27)12-16(38-4)13-18(20)28/h5-13,26H,1-4H3,(H,32,36). The Labute approximate surface area is 219 Å². The summed E-state index contributed by atoms with van der Waals surface area (Å²) < 4.78 is 66.9. The van der Waals surface area contributed by atoms with Gasteiger partial charge < -0.3 is 19.7 Å². The minimum atomic E-state index is -3.05. The summed E-state index contributed by atoms with van der Waals surface area (Å²) in [6, 6.07) is 9.92. The Morgan fingerprint density at radius 3 is 2.26 bits per heavy atom. The molecule has 1 amide bonds. The van der Waals surface area contributed by atoms with E-state index in [0.717, 1.165) is 28.9 Å². The van der Waals surface area contributed by atoms with E-state index in [4.69, 9.17) is 4.74 Å². The van der Waals surface area contributed by atoms with Crippen LogP contribution in [0, 0.1) is 11.6 Å². The lowest BCUT2D eigenvalue weighted by Crippen LogP contribution is -2.25. The molecule has 9 nitrogen and oxygen atoms in total. The van der Waals surface area contributed by atoms with E-state index in [2.05, 4.69) is 15.0 Å². The van der Waals surface area contributed by atoms with Crippen molar-refractivity contribution in [2.75, 3.05) is 31.4 Å². The highest BCUT2D eigenvalue weighted by Gasteiger charge is 2.29. The Balaban J connectivity index is 1.91. The molecule has 1 N–H and O–H groups in total. The summed E-state index contributed by atoms with van der Waals surface area (Å²) in [6.45, 7) is -3.05. The van der Waals surface area contributed by atoms with Gasteiger partial charge in [0.05, 0.1) is 18.4 Å². The van der Waals surface area contributed by atoms with Crippen LogP contribution < -0.4 is 25.2 Å². The molecule has 0 spiro atoms. The van der Waals surface area contributed by atoms with Gasteiger partial charge in [0, 0.05) is 45.0 Å². The van der Waals surface area contributed by atoms with E-state index < -0.39 is 41.0 Å². The number of methoxy groups -OCH3 is 1. The van der Waals surface area contributed by atoms with Crippen LogP contribution in [0.4, 0.5) is 28.9 Å². The first-order valence-electron chi connectivity index (χ1n) is 11.4. The van der Waals surface area contributed by atoms with Crippen LogP contribution in [0.3, 0.4) is 0 Å². The number of benzene rings is 2. The van der Waals surface area contributed by atoms with Crippen LogP contribution in [0.1, 0.15) is 10.4 Å². The Morgan fingerprint density at radius 2 is 1.69 bits per heavy atom. The second-order valence-corrected chi connectivity index (χ2v) is 8.43. The molecular formula is C26H23F4N5O4. The molecule has 39 heavy (non-hydrogen) atoms. The van der Waals surface area contributed by atoms with Gasteiger partial charge in [0.25, 0.3) is 11.5 Å². The van der Waals surface area contributed by atoms with Gasteiger partial charge in [-0.3, -0.25) is 14.3 Å². The van der Waals surface area contributed by atoms with E-state index in [1.165, 1.54) is 37.2 Å². The fraction of sp³-hybridized carbons (Fsp3) is 0.192. The molecule has 2 aromatic carbocycles. The summed E-state index contributed by atoms with van der Waals surface area (Å²) in [5, 5.41) is 2.43. The minimum absolute atomic E-state index is 0.0279. The number of carbonyl (C=O) groups excluding carboxylic acids is 1. The quantitative estimate of drug-likeness (QED) is 0.329. The lowest BCUT2D eigenvalue weighted by molar-refractivity contribution is -0.0498. The fourth-order valence-electron chi connectivity index (χ4n) is 4.01. The zero-order valence-electron chi connectivity index (χ0n) is 21.2. The van der Waals surface area contributed by atoms with Gasteiger partial charge in [-0.25, -0.2) is 13.8 Å². The van der Waals surface area contributed by atoms with Crippen molar-refractivity contribution in [2.24, 2.45) is 7.05 Å². The third kappa shape index (κ3) is 5.28. The first kappa shape index (κ1) is 27.2. The smallest absolute Gasteiger partial charge is 0.387 e. The largest absolute Gasteiger partial charge is 0.497 e. The van der Waals surface area contributed by atoms with E-state index in [1.807, 2.05) is 0 Å². The SMILES string of the molecule is COc1cc(F)c(-c2c(NC(=O)c3ccc(OC(F)F)cc3)c(=O)n(-c3ncccc3N(C)C)n2C)c(F)c1. The first-order valence-corrected chi connectivity index (χ1v) is 11.4. The normalized spacial score (nSPS) is 11.0. The van der Waals surface area contributed by atoms with Gasteiger partial charge in [0.1, 0.15) is 34.5 Å². The van der Waals surface area contributed by atoms with Gasteiger partial charge in [0.15, 0.2) is 5.82 Å². The maximum absolute atomic E-state index is 15.2. The van der Waals surface area contributed by atoms with Gasteiger partial charge in [-0.2, -0.15) is 13.5 Å². The second kappa shape index (κ2) is 10.9. The molecule has 204 valence electrons. The summed E-state index contributed by atoms with van der Waals surface area (Å²) in [5.74, 6) is -3.06. The highest BCUT2D eigenvalue weighted by Crippen LogP contribution is 2.35. The van der Waals surface area contributed by atoms with Crippen molar-refractivity contribution in [3.8, 4) is 28.6 Å². The fourth-order valence-corrected chi connectivity index (χ4v) is 4.01. The van der Waals surface area contributed by atoms with Gasteiger partial charge >= 0.3 is 6.61 Å². The van der Waals surface area contributed by atoms with Crippen molar-refractivity contribution >= 4 is 17.3 Å². The molecule has 2 heterocycles. The molecule has 0 bridgehead atoms. The van der Waals surface area contributed by atoms with Crippen LogP contribution in [0.25, 0.3) is 17.1 Å². The van der Waals surface area contributed by atoms with E-state index in [1.54, 1.807) is 31.1 Å². The Kier molecular flexibility index (Phi) is 7.61. The number of nitrogens with one attached hydrogen (secondary N) is 1. The third-order valence-corrected chi connectivity index (χ3v) is 5.78. The molecule has 0 atom stereocenters. The Bertz CT molecular complexity index is 1560. The van der Waals surface area contributed by atoms with Gasteiger partial charge in [-0.1, -0.05) is 0 Å². The number of hydrogen-bond acceptors (Lipinski definition) is 6. The number of alkyl halides is 2. The summed E-state index contributed by atoms with van der Waals surface area (Å²) >= 11 is 0. The van der Waals surface area contributed by atoms with E-state index in [-0.39, 0.29) is 28.6 Å². The van der Waals surface area contributed by atoms with Crippen molar-refractivity contribution in [3.05, 3.63) is 82.3 Å². The first-order chi connectivity index (χ1) is 18.5. The van der Waals surface area contributed by atoms with Crippen molar-refractivity contribution in [1.29, 1.82) is 0 Å². The summed E-state index contributed by atoms with van der Waals surface area (Å²) in [5.41, 5.74) is -1.65. The number of anilines is 2. The lowest BCUT2D eigenvalue weighted by Gasteiger charge is -2.18. The molecule has 13 heteroatoms. The Hall–Kier alpha value is -4.81. The average Bonchev–Trinajstić information content (AvgIpc) is 3.12. The number of amides is 1. The van der Waals surface area contributed by atoms with E-state index >= 15 is 8.78 Å². The van der Waals surface area contributed by atoms with Gasteiger partial charge in [-0.15, -0.1) is 0 Å². The maximum Gasteiger partial charge on any atom is 0.387 e. The molecule has 0 aliphatic rings. The maximum atomic E-state index is 15.2. The molecule has 0 radical (unpaired) electrons. The van der Waals surface area contributed by atoms with Crippen molar-refractivity contribution < 1.29 is 31.8 Å². The molecule has 4 rings (SSSR count). The van der Waals surface area contributed by atoms with E-state index in [9.17, 15) is 18.4 Å². The second-order valence-electron chi connectivity index (χ2n) is 8.43. The molecular weight excluding hydrogens is 522 g/mol. The Morgan fingerprint density at radius 1 is 1.05 bits per heavy atom. The molecule has 0 saturated heterocycles. The summed E-state index contributed by atoms with van der Waals surface area (Å²) in [6.07, 6.45) is 1.44. The molecule has 4 aromatic rings. The highest BCUT2D eigenvalue weighted by molar-refractivity contribution is 6.06. The van der Waals surface area contributed by atoms with Crippen LogP contribution in [-0.2, 0) is 7.05 Å². The topological polar surface area (TPSA) is 90.6 Å². The van der Waals surface area contributed by atoms with Gasteiger partial charge in [0.2, 0.25) is 0 Å². The van der Waals surface area contributed by atoms with E-state index in [0.29, 0.717) is 5.69 Å². The third-order valence-electron chi connectivity index (χ3n) is 5.78. The average molecular weight is 545 g/mol. The predicted molar refractivity (Wildman–Crippen MR) is 136 cm³/mol. The van der Waals surface area contributed by atoms with Crippen molar-refractivity contribution in [3.63, 3.8) is 0 Å². The van der Waals surface area contributed by atoms with Crippen molar-refractivity contribution in [2.45, 2.75) is 6.61 Å². The molecule has 0 saturated carbocycles. The number of nitrogens with zero attached hydrogens (tertiary/aromatic N) is 4. The van der Waals surface area contributed by atoms with Gasteiger partial charge in [-0.05, 0) is 36.4 Å². The van der Waals surface area contributed by atoms with Crippen LogP contribution in [0.15, 0.2) is 59.5 Å². The van der Waals surface area contributed by atoms with Crippen LogP contribution in [0.2, 0.25) is 0 Å². The number of ether oxygens (including phenoxy) is 2. The molecule has 0 fully saturated rings. The minimum Gasteiger partial charge on any atom is -0.497 e. The van der Waals surface area contributed by atoms with Crippen molar-refractivity contribution in [1.82, 2.24) is 14.3 Å². The van der Waals surface area contributed by atoms with Crippen LogP contribution >= 0.6 is 0 Å². The lowest BCUT2D eigenvalue weighted by atomic mass is 10.1. The molecule has 0 aliphatic heterocycles.